The predicted molar refractivity (Wildman–Crippen MR) is 111 cm³/mol. The van der Waals surface area contributed by atoms with E-state index in [0.29, 0.717) is 12.5 Å². The van der Waals surface area contributed by atoms with Gasteiger partial charge < -0.3 is 19.3 Å². The number of hydrogen-bond donors (Lipinski definition) is 0. The van der Waals surface area contributed by atoms with Gasteiger partial charge in [-0.1, -0.05) is 6.92 Å². The molecule has 0 aliphatic carbocycles. The van der Waals surface area contributed by atoms with E-state index in [4.69, 9.17) is 19.4 Å². The average Bonchev–Trinajstić information content (AvgIpc) is 3.21. The number of nitrogens with zero attached hydrogens (tertiary/aromatic N) is 4. The van der Waals surface area contributed by atoms with Crippen molar-refractivity contribution in [1.82, 2.24) is 19.8 Å². The molecule has 6 heteroatoms. The zero-order chi connectivity index (χ0) is 19.5. The van der Waals surface area contributed by atoms with Crippen molar-refractivity contribution in [2.24, 2.45) is 0 Å². The van der Waals surface area contributed by atoms with Crippen molar-refractivity contribution in [2.45, 2.75) is 38.5 Å². The monoisotopic (exact) mass is 384 g/mol. The lowest BCUT2D eigenvalue weighted by Gasteiger charge is -2.36. The highest BCUT2D eigenvalue weighted by Gasteiger charge is 2.29. The van der Waals surface area contributed by atoms with Gasteiger partial charge in [0.1, 0.15) is 5.82 Å². The number of methoxy groups -OCH3 is 1. The molecule has 0 spiro atoms. The maximum absolute atomic E-state index is 6.11. The van der Waals surface area contributed by atoms with Gasteiger partial charge in [0.2, 0.25) is 0 Å². The molecule has 152 valence electrons. The van der Waals surface area contributed by atoms with Crippen molar-refractivity contribution in [3.8, 4) is 11.5 Å². The number of likely N-dealkylation sites (N-methyl/N-ethyl adjacent to an activating group) is 1. The Morgan fingerprint density at radius 3 is 2.57 bits per heavy atom. The molecule has 6 nitrogen and oxygen atoms in total. The van der Waals surface area contributed by atoms with Crippen LogP contribution < -0.4 is 9.47 Å². The third-order valence-electron chi connectivity index (χ3n) is 5.90. The maximum atomic E-state index is 6.11. The molecule has 2 aliphatic heterocycles. The summed E-state index contributed by atoms with van der Waals surface area (Å²) in [5, 5.41) is 1.09. The van der Waals surface area contributed by atoms with Gasteiger partial charge in [-0.25, -0.2) is 9.97 Å². The van der Waals surface area contributed by atoms with Gasteiger partial charge in [0, 0.05) is 43.4 Å². The summed E-state index contributed by atoms with van der Waals surface area (Å²) < 4.78 is 11.8. The van der Waals surface area contributed by atoms with Gasteiger partial charge in [-0.2, -0.15) is 0 Å². The van der Waals surface area contributed by atoms with Crippen molar-refractivity contribution in [3.05, 3.63) is 23.7 Å². The minimum atomic E-state index is 0.470. The Morgan fingerprint density at radius 2 is 1.89 bits per heavy atom. The van der Waals surface area contributed by atoms with Crippen molar-refractivity contribution in [1.29, 1.82) is 0 Å². The molecule has 0 N–H and O–H groups in total. The van der Waals surface area contributed by atoms with Crippen LogP contribution in [0.3, 0.4) is 0 Å². The van der Waals surface area contributed by atoms with E-state index in [1.807, 2.05) is 6.07 Å². The van der Waals surface area contributed by atoms with Gasteiger partial charge in [0.15, 0.2) is 11.5 Å². The van der Waals surface area contributed by atoms with Crippen LogP contribution in [0.15, 0.2) is 12.1 Å². The molecule has 2 fully saturated rings. The van der Waals surface area contributed by atoms with Crippen LogP contribution in [-0.2, 0) is 6.42 Å². The molecule has 2 saturated heterocycles. The highest BCUT2D eigenvalue weighted by molar-refractivity contribution is 5.85. The Morgan fingerprint density at radius 1 is 1.11 bits per heavy atom. The Balaban J connectivity index is 1.54. The topological polar surface area (TPSA) is 50.7 Å². The second-order valence-corrected chi connectivity index (χ2v) is 8.07. The normalized spacial score (nSPS) is 18.5. The first-order valence-corrected chi connectivity index (χ1v) is 10.6. The summed E-state index contributed by atoms with van der Waals surface area (Å²) in [5.41, 5.74) is 2.12. The Bertz CT molecular complexity index is 814. The first kappa shape index (κ1) is 19.4. The van der Waals surface area contributed by atoms with Gasteiger partial charge in [0.05, 0.1) is 24.9 Å². The first-order valence-electron chi connectivity index (χ1n) is 10.6. The highest BCUT2D eigenvalue weighted by Crippen LogP contribution is 2.36. The molecule has 3 heterocycles. The lowest BCUT2D eigenvalue weighted by molar-refractivity contribution is 0.187. The van der Waals surface area contributed by atoms with Crippen LogP contribution in [0, 0.1) is 0 Å². The minimum absolute atomic E-state index is 0.470. The molecule has 0 unspecified atom stereocenters. The standard InChI is InChI=1S/C22H32N4O2/c1-4-21-23-18-13-20(28-11-7-10-26-8-5-6-9-26)19(27-3)12-17(18)22(24-21)16-14-25(2)15-16/h12-13,16H,4-11,14-15H2,1-3H3. The maximum Gasteiger partial charge on any atom is 0.163 e. The molecule has 28 heavy (non-hydrogen) atoms. The smallest absolute Gasteiger partial charge is 0.163 e. The van der Waals surface area contributed by atoms with Crippen molar-refractivity contribution in [3.63, 3.8) is 0 Å². The van der Waals surface area contributed by atoms with Crippen LogP contribution in [0.25, 0.3) is 10.9 Å². The van der Waals surface area contributed by atoms with E-state index < -0.39 is 0 Å². The summed E-state index contributed by atoms with van der Waals surface area (Å²) in [6.45, 7) is 8.47. The molecule has 1 aromatic heterocycles. The van der Waals surface area contributed by atoms with E-state index in [0.717, 1.165) is 66.4 Å². The molecule has 0 amide bonds. The number of likely N-dealkylation sites (tertiary alicyclic amines) is 2. The molecule has 2 aromatic rings. The summed E-state index contributed by atoms with van der Waals surface area (Å²) in [7, 11) is 3.85. The SMILES string of the molecule is CCc1nc(C2CN(C)C2)c2cc(OC)c(OCCCN3CCCC3)cc2n1. The largest absolute Gasteiger partial charge is 0.493 e. The Labute approximate surface area is 167 Å². The van der Waals surface area contributed by atoms with Crippen LogP contribution >= 0.6 is 0 Å². The van der Waals surface area contributed by atoms with E-state index in [2.05, 4.69) is 29.8 Å². The van der Waals surface area contributed by atoms with E-state index in [-0.39, 0.29) is 0 Å². The summed E-state index contributed by atoms with van der Waals surface area (Å²) >= 11 is 0. The summed E-state index contributed by atoms with van der Waals surface area (Å²) in [5.74, 6) is 2.93. The second kappa shape index (κ2) is 8.62. The fourth-order valence-corrected chi connectivity index (χ4v) is 4.30. The van der Waals surface area contributed by atoms with E-state index in [1.54, 1.807) is 7.11 Å². The molecular formula is C22H32N4O2. The van der Waals surface area contributed by atoms with Crippen molar-refractivity contribution >= 4 is 10.9 Å². The molecule has 0 atom stereocenters. The number of hydrogen-bond acceptors (Lipinski definition) is 6. The fraction of sp³-hybridized carbons (Fsp3) is 0.636. The quantitative estimate of drug-likeness (QED) is 0.652. The summed E-state index contributed by atoms with van der Waals surface area (Å²) in [4.78, 5) is 14.5. The van der Waals surface area contributed by atoms with Crippen LogP contribution in [0.5, 0.6) is 11.5 Å². The average molecular weight is 385 g/mol. The number of rotatable bonds is 8. The van der Waals surface area contributed by atoms with Crippen LogP contribution in [0.2, 0.25) is 0 Å². The van der Waals surface area contributed by atoms with Gasteiger partial charge in [-0.3, -0.25) is 0 Å². The number of aryl methyl sites for hydroxylation is 1. The van der Waals surface area contributed by atoms with Crippen molar-refractivity contribution < 1.29 is 9.47 Å². The van der Waals surface area contributed by atoms with E-state index >= 15 is 0 Å². The fourth-order valence-electron chi connectivity index (χ4n) is 4.30. The number of fused-ring (bicyclic) bond motifs is 1. The third-order valence-corrected chi connectivity index (χ3v) is 5.90. The molecule has 0 radical (unpaired) electrons. The Kier molecular flexibility index (Phi) is 5.97. The van der Waals surface area contributed by atoms with E-state index in [9.17, 15) is 0 Å². The molecular weight excluding hydrogens is 352 g/mol. The lowest BCUT2D eigenvalue weighted by Crippen LogP contribution is -2.42. The van der Waals surface area contributed by atoms with Crippen LogP contribution in [0.4, 0.5) is 0 Å². The molecule has 1 aromatic carbocycles. The summed E-state index contributed by atoms with van der Waals surface area (Å²) in [6.07, 6.45) is 4.53. The van der Waals surface area contributed by atoms with E-state index in [1.165, 1.54) is 25.9 Å². The molecule has 4 rings (SSSR count). The van der Waals surface area contributed by atoms with Gasteiger partial charge in [-0.05, 0) is 45.5 Å². The van der Waals surface area contributed by atoms with Gasteiger partial charge in [0.25, 0.3) is 0 Å². The van der Waals surface area contributed by atoms with Crippen molar-refractivity contribution in [2.75, 3.05) is 53.5 Å². The number of aromatic nitrogens is 2. The number of benzene rings is 1. The molecule has 2 aliphatic rings. The molecule has 0 bridgehead atoms. The van der Waals surface area contributed by atoms with Crippen LogP contribution in [-0.4, -0.2) is 73.3 Å². The predicted octanol–water partition coefficient (Wildman–Crippen LogP) is 3.09. The first-order chi connectivity index (χ1) is 13.7. The second-order valence-electron chi connectivity index (χ2n) is 8.07. The Hall–Kier alpha value is -1.92. The summed E-state index contributed by atoms with van der Waals surface area (Å²) in [6, 6.07) is 4.11. The zero-order valence-electron chi connectivity index (χ0n) is 17.4. The number of ether oxygens (including phenoxy) is 2. The molecule has 0 saturated carbocycles. The van der Waals surface area contributed by atoms with Crippen LogP contribution in [0.1, 0.15) is 43.6 Å². The van der Waals surface area contributed by atoms with Gasteiger partial charge in [-0.15, -0.1) is 0 Å². The third kappa shape index (κ3) is 4.08. The highest BCUT2D eigenvalue weighted by atomic mass is 16.5. The minimum Gasteiger partial charge on any atom is -0.493 e. The lowest BCUT2D eigenvalue weighted by atomic mass is 9.93. The van der Waals surface area contributed by atoms with Gasteiger partial charge >= 0.3 is 0 Å². The zero-order valence-corrected chi connectivity index (χ0v) is 17.4.